The molecular formula is C24H17ClINOS. The molecule has 4 rings (SSSR count). The third kappa shape index (κ3) is 3.56. The summed E-state index contributed by atoms with van der Waals surface area (Å²) in [5.41, 5.74) is 2.96. The van der Waals surface area contributed by atoms with Crippen molar-refractivity contribution in [2.45, 2.75) is 14.2 Å². The average molecular weight is 530 g/mol. The van der Waals surface area contributed by atoms with Gasteiger partial charge >= 0.3 is 0 Å². The van der Waals surface area contributed by atoms with Crippen LogP contribution in [0.15, 0.2) is 84.9 Å². The molecule has 3 unspecified atom stereocenters. The van der Waals surface area contributed by atoms with Gasteiger partial charge in [0.15, 0.2) is 0 Å². The van der Waals surface area contributed by atoms with Crippen LogP contribution in [0.2, 0.25) is 5.02 Å². The van der Waals surface area contributed by atoms with Crippen molar-refractivity contribution >= 4 is 51.9 Å². The van der Waals surface area contributed by atoms with Crippen LogP contribution in [0.1, 0.15) is 21.9 Å². The van der Waals surface area contributed by atoms with Crippen LogP contribution in [0.25, 0.3) is 0 Å². The summed E-state index contributed by atoms with van der Waals surface area (Å²) < 4.78 is -0.405. The van der Waals surface area contributed by atoms with E-state index in [0.29, 0.717) is 5.02 Å². The van der Waals surface area contributed by atoms with E-state index in [1.165, 1.54) is 0 Å². The Balaban J connectivity index is 1.97. The second-order valence-corrected chi connectivity index (χ2v) is 9.55. The van der Waals surface area contributed by atoms with Gasteiger partial charge in [0.1, 0.15) is 14.2 Å². The second kappa shape index (κ2) is 8.43. The molecule has 3 aromatic carbocycles. The summed E-state index contributed by atoms with van der Waals surface area (Å²) in [5, 5.41) is 0.304. The number of thioether (sulfide) groups is 1. The number of benzene rings is 3. The van der Waals surface area contributed by atoms with Gasteiger partial charge in [0.05, 0.1) is 0 Å². The summed E-state index contributed by atoms with van der Waals surface area (Å²) in [5.74, 6) is 2.78. The smallest absolute Gasteiger partial charge is 0.243 e. The Hall–Kier alpha value is -1.94. The number of terminal acetylenes is 1. The highest BCUT2D eigenvalue weighted by atomic mass is 127. The van der Waals surface area contributed by atoms with Crippen LogP contribution in [0, 0.1) is 12.3 Å². The molecule has 3 atom stereocenters. The Morgan fingerprint density at radius 2 is 1.52 bits per heavy atom. The van der Waals surface area contributed by atoms with Crippen molar-refractivity contribution in [2.75, 3.05) is 0 Å². The van der Waals surface area contributed by atoms with Crippen molar-refractivity contribution in [1.29, 1.82) is 0 Å². The first kappa shape index (κ1) is 20.3. The van der Waals surface area contributed by atoms with Gasteiger partial charge in [-0.2, -0.15) is 0 Å². The third-order valence-corrected chi connectivity index (χ3v) is 7.84. The lowest BCUT2D eigenvalue weighted by Gasteiger charge is -2.39. The lowest BCUT2D eigenvalue weighted by molar-refractivity contribution is -0.131. The lowest BCUT2D eigenvalue weighted by atomic mass is 9.95. The molecule has 1 amide bonds. The molecule has 1 fully saturated rings. The van der Waals surface area contributed by atoms with Crippen LogP contribution >= 0.6 is 46.0 Å². The van der Waals surface area contributed by atoms with Crippen molar-refractivity contribution < 1.29 is 4.79 Å². The van der Waals surface area contributed by atoms with Crippen molar-refractivity contribution in [3.63, 3.8) is 0 Å². The molecule has 0 radical (unpaired) electrons. The molecular weight excluding hydrogens is 513 g/mol. The topological polar surface area (TPSA) is 20.3 Å². The number of hydrogen-bond acceptors (Lipinski definition) is 2. The highest BCUT2D eigenvalue weighted by Crippen LogP contribution is 2.59. The Morgan fingerprint density at radius 1 is 0.966 bits per heavy atom. The molecule has 144 valence electrons. The highest BCUT2D eigenvalue weighted by Gasteiger charge is 2.56. The van der Waals surface area contributed by atoms with Crippen molar-refractivity contribution in [3.05, 3.63) is 107 Å². The maximum Gasteiger partial charge on any atom is 0.243 e. The zero-order valence-electron chi connectivity index (χ0n) is 15.3. The fraction of sp³-hybridized carbons (Fsp3) is 0.125. The van der Waals surface area contributed by atoms with Gasteiger partial charge in [0.2, 0.25) is 5.91 Å². The molecule has 0 aromatic heterocycles. The summed E-state index contributed by atoms with van der Waals surface area (Å²) >= 11 is 9.95. The van der Waals surface area contributed by atoms with Crippen LogP contribution in [0.3, 0.4) is 0 Å². The van der Waals surface area contributed by atoms with Crippen molar-refractivity contribution in [1.82, 2.24) is 4.90 Å². The van der Waals surface area contributed by atoms with Gasteiger partial charge in [-0.3, -0.25) is 9.69 Å². The molecule has 3 aromatic rings. The normalized spacial score (nSPS) is 22.3. The van der Waals surface area contributed by atoms with Gasteiger partial charge < -0.3 is 0 Å². The predicted octanol–water partition coefficient (Wildman–Crippen LogP) is 6.25. The Morgan fingerprint density at radius 3 is 2.10 bits per heavy atom. The van der Waals surface area contributed by atoms with E-state index in [4.69, 9.17) is 18.0 Å². The number of hydrogen-bond donors (Lipinski definition) is 0. The first-order valence-electron chi connectivity index (χ1n) is 9.05. The van der Waals surface area contributed by atoms with E-state index < -0.39 is 8.92 Å². The van der Waals surface area contributed by atoms with Crippen LogP contribution in [0.5, 0.6) is 0 Å². The summed E-state index contributed by atoms with van der Waals surface area (Å²) in [7, 11) is 0. The van der Waals surface area contributed by atoms with E-state index in [1.54, 1.807) is 11.8 Å². The molecule has 1 heterocycles. The first-order chi connectivity index (χ1) is 14.1. The van der Waals surface area contributed by atoms with Crippen LogP contribution < -0.4 is 0 Å². The van der Waals surface area contributed by atoms with Gasteiger partial charge in [0.25, 0.3) is 0 Å². The lowest BCUT2D eigenvalue weighted by Crippen LogP contribution is -2.46. The standard InChI is InChI=1S/C24H17ClINOS/c1-2-21(26)27-23(28)22(17-9-5-3-6-10-17)29-24(27,18-11-7-4-8-12-18)19-13-15-20(25)16-14-19/h1,3-16,21-22H. The highest BCUT2D eigenvalue weighted by molar-refractivity contribution is 14.1. The number of amides is 1. The number of nitrogens with zero attached hydrogens (tertiary/aromatic N) is 1. The molecule has 1 aliphatic heterocycles. The quantitative estimate of drug-likeness (QED) is 0.172. The molecule has 1 aliphatic rings. The molecule has 0 N–H and O–H groups in total. The Bertz CT molecular complexity index is 1050. The number of halogens is 2. The largest absolute Gasteiger partial charge is 0.295 e. The fourth-order valence-corrected chi connectivity index (χ4v) is 6.37. The van der Waals surface area contributed by atoms with E-state index >= 15 is 0 Å². The molecule has 0 saturated carbocycles. The summed E-state index contributed by atoms with van der Waals surface area (Å²) in [6, 6.07) is 27.6. The monoisotopic (exact) mass is 529 g/mol. The third-order valence-electron chi connectivity index (χ3n) is 4.96. The minimum Gasteiger partial charge on any atom is -0.295 e. The van der Waals surface area contributed by atoms with Gasteiger partial charge in [-0.15, -0.1) is 18.2 Å². The van der Waals surface area contributed by atoms with E-state index in [1.807, 2.05) is 77.7 Å². The number of carbonyl (C=O) groups excluding carboxylic acids is 1. The molecule has 1 saturated heterocycles. The molecule has 0 spiro atoms. The summed E-state index contributed by atoms with van der Waals surface area (Å²) in [6.07, 6.45) is 5.82. The van der Waals surface area contributed by atoms with E-state index in [0.717, 1.165) is 16.7 Å². The minimum atomic E-state index is -0.748. The van der Waals surface area contributed by atoms with Crippen LogP contribution in [-0.2, 0) is 9.67 Å². The molecule has 2 nitrogen and oxygen atoms in total. The van der Waals surface area contributed by atoms with Gasteiger partial charge in [-0.25, -0.2) is 0 Å². The number of carbonyl (C=O) groups is 1. The summed E-state index contributed by atoms with van der Waals surface area (Å²) in [4.78, 5) is 14.8. The van der Waals surface area contributed by atoms with Crippen LogP contribution in [-0.4, -0.2) is 14.9 Å². The van der Waals surface area contributed by atoms with Crippen molar-refractivity contribution in [2.24, 2.45) is 0 Å². The maximum atomic E-state index is 13.7. The Kier molecular flexibility index (Phi) is 5.91. The van der Waals surface area contributed by atoms with Gasteiger partial charge in [-0.05, 0) is 51.4 Å². The minimum absolute atomic E-state index is 0.0114. The zero-order valence-corrected chi connectivity index (χ0v) is 19.1. The SMILES string of the molecule is C#CC(I)N1C(=O)C(c2ccccc2)SC1(c1ccccc1)c1ccc(Cl)cc1. The van der Waals surface area contributed by atoms with E-state index in [-0.39, 0.29) is 11.2 Å². The molecule has 0 aliphatic carbocycles. The number of rotatable bonds is 4. The maximum absolute atomic E-state index is 13.7. The predicted molar refractivity (Wildman–Crippen MR) is 129 cm³/mol. The second-order valence-electron chi connectivity index (χ2n) is 6.64. The van der Waals surface area contributed by atoms with Gasteiger partial charge in [-0.1, -0.05) is 90.3 Å². The fourth-order valence-electron chi connectivity index (χ4n) is 3.66. The average Bonchev–Trinajstić information content (AvgIpc) is 3.09. The zero-order chi connectivity index (χ0) is 20.4. The van der Waals surface area contributed by atoms with Crippen molar-refractivity contribution in [3.8, 4) is 12.3 Å². The van der Waals surface area contributed by atoms with Crippen LogP contribution in [0.4, 0.5) is 0 Å². The van der Waals surface area contributed by atoms with Gasteiger partial charge in [0, 0.05) is 5.02 Å². The molecule has 29 heavy (non-hydrogen) atoms. The first-order valence-corrected chi connectivity index (χ1v) is 11.6. The van der Waals surface area contributed by atoms with E-state index in [9.17, 15) is 4.79 Å². The number of alkyl halides is 1. The molecule has 5 heteroatoms. The van der Waals surface area contributed by atoms with E-state index in [2.05, 4.69) is 40.6 Å². The summed E-state index contributed by atoms with van der Waals surface area (Å²) in [6.45, 7) is 0. The molecule has 0 bridgehead atoms. The Labute approximate surface area is 193 Å².